The first-order chi connectivity index (χ1) is 8.20. The van der Waals surface area contributed by atoms with E-state index in [1.54, 1.807) is 4.90 Å². The Morgan fingerprint density at radius 3 is 2.88 bits per heavy atom. The number of hydrogen-bond donors (Lipinski definition) is 1. The van der Waals surface area contributed by atoms with Gasteiger partial charge < -0.3 is 14.7 Å². The predicted octanol–water partition coefficient (Wildman–Crippen LogP) is -0.302. The number of rotatable bonds is 2. The van der Waals surface area contributed by atoms with Gasteiger partial charge in [0.25, 0.3) is 5.91 Å². The molecule has 1 aliphatic heterocycles. The summed E-state index contributed by atoms with van der Waals surface area (Å²) in [5.74, 6) is -0.126. The molecule has 0 spiro atoms. The van der Waals surface area contributed by atoms with Crippen molar-refractivity contribution >= 4 is 5.91 Å². The number of hydrogen-bond acceptors (Lipinski definition) is 5. The number of nitrogens with zero attached hydrogens (tertiary/aromatic N) is 3. The molecule has 1 aliphatic rings. The van der Waals surface area contributed by atoms with E-state index in [0.717, 1.165) is 0 Å². The summed E-state index contributed by atoms with van der Waals surface area (Å²) in [6.45, 7) is 2.71. The smallest absolute Gasteiger partial charge is 0.257 e. The molecule has 1 aromatic rings. The number of carbonyl (C=O) groups is 1. The molecule has 2 unspecified atom stereocenters. The molecule has 2 rings (SSSR count). The van der Waals surface area contributed by atoms with Gasteiger partial charge in [-0.15, -0.1) is 0 Å². The summed E-state index contributed by atoms with van der Waals surface area (Å²) in [5, 5.41) is 9.09. The summed E-state index contributed by atoms with van der Waals surface area (Å²) in [6.07, 6.45) is 3.98. The fourth-order valence-corrected chi connectivity index (χ4v) is 1.90. The van der Waals surface area contributed by atoms with Crippen LogP contribution in [0.25, 0.3) is 0 Å². The third kappa shape index (κ3) is 2.78. The average molecular weight is 237 g/mol. The monoisotopic (exact) mass is 237 g/mol. The molecular formula is C11H15N3O3. The average Bonchev–Trinajstić information content (AvgIpc) is 2.38. The highest BCUT2D eigenvalue weighted by Crippen LogP contribution is 2.13. The maximum absolute atomic E-state index is 12.1. The summed E-state index contributed by atoms with van der Waals surface area (Å²) < 4.78 is 5.48. The Labute approximate surface area is 99.2 Å². The third-order valence-corrected chi connectivity index (χ3v) is 2.62. The van der Waals surface area contributed by atoms with Crippen molar-refractivity contribution < 1.29 is 14.6 Å². The summed E-state index contributed by atoms with van der Waals surface area (Å²) in [5.41, 5.74) is 0.457. The fraction of sp³-hybridized carbons (Fsp3) is 0.545. The molecule has 1 N–H and O–H groups in total. The van der Waals surface area contributed by atoms with Crippen LogP contribution in [0, 0.1) is 0 Å². The van der Waals surface area contributed by atoms with Crippen molar-refractivity contribution in [3.63, 3.8) is 0 Å². The molecule has 6 heteroatoms. The van der Waals surface area contributed by atoms with Crippen LogP contribution in [0.15, 0.2) is 18.7 Å². The summed E-state index contributed by atoms with van der Waals surface area (Å²) in [4.78, 5) is 21.4. The highest BCUT2D eigenvalue weighted by atomic mass is 16.5. The Balaban J connectivity index is 2.09. The number of carbonyl (C=O) groups excluding carboxylic acids is 1. The van der Waals surface area contributed by atoms with Crippen molar-refractivity contribution in [2.45, 2.75) is 19.1 Å². The number of ether oxygens (including phenoxy) is 1. The van der Waals surface area contributed by atoms with Crippen molar-refractivity contribution in [3.05, 3.63) is 24.3 Å². The van der Waals surface area contributed by atoms with E-state index in [9.17, 15) is 4.79 Å². The molecule has 2 atom stereocenters. The number of amides is 1. The van der Waals surface area contributed by atoms with Gasteiger partial charge in [0.1, 0.15) is 6.33 Å². The van der Waals surface area contributed by atoms with Gasteiger partial charge >= 0.3 is 0 Å². The van der Waals surface area contributed by atoms with Gasteiger partial charge in [-0.25, -0.2) is 9.97 Å². The van der Waals surface area contributed by atoms with Gasteiger partial charge in [0.05, 0.1) is 24.4 Å². The number of aromatic nitrogens is 2. The van der Waals surface area contributed by atoms with Crippen LogP contribution in [0.4, 0.5) is 0 Å². The summed E-state index contributed by atoms with van der Waals surface area (Å²) >= 11 is 0. The Bertz CT molecular complexity index is 385. The van der Waals surface area contributed by atoms with E-state index in [4.69, 9.17) is 9.84 Å². The second kappa shape index (κ2) is 5.20. The molecule has 1 saturated heterocycles. The molecule has 92 valence electrons. The Hall–Kier alpha value is -1.53. The molecular weight excluding hydrogens is 222 g/mol. The van der Waals surface area contributed by atoms with Crippen LogP contribution in [0.5, 0.6) is 0 Å². The third-order valence-electron chi connectivity index (χ3n) is 2.62. The Morgan fingerprint density at radius 1 is 1.53 bits per heavy atom. The van der Waals surface area contributed by atoms with Gasteiger partial charge in [-0.05, 0) is 6.92 Å². The van der Waals surface area contributed by atoms with Crippen LogP contribution in [0.3, 0.4) is 0 Å². The van der Waals surface area contributed by atoms with Crippen LogP contribution in [0.2, 0.25) is 0 Å². The molecule has 1 fully saturated rings. The Kier molecular flexibility index (Phi) is 3.65. The maximum atomic E-state index is 12.1. The zero-order valence-corrected chi connectivity index (χ0v) is 9.61. The molecule has 0 saturated carbocycles. The first-order valence-corrected chi connectivity index (χ1v) is 5.51. The number of aliphatic hydroxyl groups is 1. The molecule has 0 aromatic carbocycles. The molecule has 0 radical (unpaired) electrons. The van der Waals surface area contributed by atoms with Gasteiger partial charge in [-0.2, -0.15) is 0 Å². The molecule has 17 heavy (non-hydrogen) atoms. The molecule has 0 aliphatic carbocycles. The van der Waals surface area contributed by atoms with E-state index >= 15 is 0 Å². The highest BCUT2D eigenvalue weighted by molar-refractivity contribution is 5.93. The highest BCUT2D eigenvalue weighted by Gasteiger charge is 2.28. The lowest BCUT2D eigenvalue weighted by Gasteiger charge is -2.36. The van der Waals surface area contributed by atoms with Crippen LogP contribution in [-0.4, -0.2) is 57.8 Å². The van der Waals surface area contributed by atoms with Crippen LogP contribution in [-0.2, 0) is 4.74 Å². The van der Waals surface area contributed by atoms with Gasteiger partial charge in [0.2, 0.25) is 0 Å². The van der Waals surface area contributed by atoms with E-state index in [0.29, 0.717) is 18.7 Å². The second-order valence-corrected chi connectivity index (χ2v) is 4.09. The SMILES string of the molecule is CC1CN(C(=O)c2cncnc2)CC(CO)O1. The fourth-order valence-electron chi connectivity index (χ4n) is 1.90. The largest absolute Gasteiger partial charge is 0.394 e. The first kappa shape index (κ1) is 11.9. The van der Waals surface area contributed by atoms with E-state index in [2.05, 4.69) is 9.97 Å². The second-order valence-electron chi connectivity index (χ2n) is 4.09. The summed E-state index contributed by atoms with van der Waals surface area (Å²) in [6, 6.07) is 0. The first-order valence-electron chi connectivity index (χ1n) is 5.51. The van der Waals surface area contributed by atoms with Crippen molar-refractivity contribution in [1.82, 2.24) is 14.9 Å². The van der Waals surface area contributed by atoms with Crippen molar-refractivity contribution in [2.24, 2.45) is 0 Å². The standard InChI is InChI=1S/C11H15N3O3/c1-8-4-14(5-10(6-15)17-8)11(16)9-2-12-7-13-3-9/h2-3,7-8,10,15H,4-6H2,1H3. The lowest BCUT2D eigenvalue weighted by Crippen LogP contribution is -2.50. The molecule has 1 aromatic heterocycles. The topological polar surface area (TPSA) is 75.6 Å². The molecule has 0 bridgehead atoms. The lowest BCUT2D eigenvalue weighted by molar-refractivity contribution is -0.0858. The van der Waals surface area contributed by atoms with Crippen LogP contribution in [0.1, 0.15) is 17.3 Å². The minimum absolute atomic E-state index is 0.0746. The van der Waals surface area contributed by atoms with Crippen LogP contribution < -0.4 is 0 Å². The van der Waals surface area contributed by atoms with E-state index in [-0.39, 0.29) is 24.7 Å². The molecule has 6 nitrogen and oxygen atoms in total. The lowest BCUT2D eigenvalue weighted by atomic mass is 10.2. The maximum Gasteiger partial charge on any atom is 0.257 e. The quantitative estimate of drug-likeness (QED) is 0.764. The number of aliphatic hydroxyl groups excluding tert-OH is 1. The van der Waals surface area contributed by atoms with Crippen molar-refractivity contribution in [2.75, 3.05) is 19.7 Å². The van der Waals surface area contributed by atoms with Crippen LogP contribution >= 0.6 is 0 Å². The minimum Gasteiger partial charge on any atom is -0.394 e. The van der Waals surface area contributed by atoms with Gasteiger partial charge in [-0.1, -0.05) is 0 Å². The van der Waals surface area contributed by atoms with E-state index in [1.807, 2.05) is 6.92 Å². The normalized spacial score (nSPS) is 24.7. The predicted molar refractivity (Wildman–Crippen MR) is 59.4 cm³/mol. The van der Waals surface area contributed by atoms with Crippen molar-refractivity contribution in [3.8, 4) is 0 Å². The van der Waals surface area contributed by atoms with E-state index < -0.39 is 0 Å². The molecule has 1 amide bonds. The van der Waals surface area contributed by atoms with Gasteiger partial charge in [0, 0.05) is 25.5 Å². The van der Waals surface area contributed by atoms with Gasteiger partial charge in [0.15, 0.2) is 0 Å². The van der Waals surface area contributed by atoms with Crippen molar-refractivity contribution in [1.29, 1.82) is 0 Å². The zero-order valence-electron chi connectivity index (χ0n) is 9.61. The molecule has 2 heterocycles. The van der Waals surface area contributed by atoms with Gasteiger partial charge in [-0.3, -0.25) is 4.79 Å². The summed E-state index contributed by atoms with van der Waals surface area (Å²) in [7, 11) is 0. The number of morpholine rings is 1. The van der Waals surface area contributed by atoms with E-state index in [1.165, 1.54) is 18.7 Å². The zero-order chi connectivity index (χ0) is 12.3. The minimum atomic E-state index is -0.313. The Morgan fingerprint density at radius 2 is 2.24 bits per heavy atom.